The molecule has 0 saturated carbocycles. The van der Waals surface area contributed by atoms with Crippen LogP contribution in [0, 0.1) is 5.92 Å². The Hall–Kier alpha value is -2.21. The van der Waals surface area contributed by atoms with Gasteiger partial charge in [0.05, 0.1) is 24.1 Å². The lowest BCUT2D eigenvalue weighted by atomic mass is 10.1. The van der Waals surface area contributed by atoms with Crippen LogP contribution in [0.15, 0.2) is 35.0 Å². The molecule has 0 aliphatic carbocycles. The maximum Gasteiger partial charge on any atom is 0.292 e. The van der Waals surface area contributed by atoms with E-state index in [0.29, 0.717) is 24.8 Å². The summed E-state index contributed by atoms with van der Waals surface area (Å²) in [6.07, 6.45) is 4.47. The average molecular weight is 343 g/mol. The molecular formula is C19H25N3O3. The first kappa shape index (κ1) is 17.6. The molecule has 6 nitrogen and oxygen atoms in total. The van der Waals surface area contributed by atoms with Crippen molar-refractivity contribution in [3.8, 4) is 0 Å². The third-order valence-corrected chi connectivity index (χ3v) is 4.25. The Morgan fingerprint density at radius 2 is 2.28 bits per heavy atom. The van der Waals surface area contributed by atoms with Gasteiger partial charge in [0.15, 0.2) is 0 Å². The van der Waals surface area contributed by atoms with Crippen LogP contribution in [0.25, 0.3) is 0 Å². The third-order valence-electron chi connectivity index (χ3n) is 4.25. The lowest BCUT2D eigenvalue weighted by Gasteiger charge is -2.31. The van der Waals surface area contributed by atoms with Crippen molar-refractivity contribution in [2.45, 2.75) is 45.8 Å². The van der Waals surface area contributed by atoms with Gasteiger partial charge >= 0.3 is 0 Å². The molecule has 25 heavy (non-hydrogen) atoms. The lowest BCUT2D eigenvalue weighted by Crippen LogP contribution is -2.43. The molecule has 1 aliphatic rings. The van der Waals surface area contributed by atoms with Gasteiger partial charge in [-0.15, -0.1) is 0 Å². The second-order valence-electron chi connectivity index (χ2n) is 6.93. The van der Waals surface area contributed by atoms with Gasteiger partial charge in [0, 0.05) is 25.4 Å². The van der Waals surface area contributed by atoms with Crippen LogP contribution in [-0.4, -0.2) is 40.1 Å². The zero-order valence-electron chi connectivity index (χ0n) is 14.9. The van der Waals surface area contributed by atoms with Crippen LogP contribution in [0.4, 0.5) is 0 Å². The number of hydrogen-bond donors (Lipinski definition) is 0. The third kappa shape index (κ3) is 4.89. The fraction of sp³-hybridized carbons (Fsp3) is 0.526. The van der Waals surface area contributed by atoms with Gasteiger partial charge in [-0.2, -0.15) is 0 Å². The number of ether oxygens (including phenoxy) is 1. The Morgan fingerprint density at radius 3 is 3.04 bits per heavy atom. The maximum absolute atomic E-state index is 12.6. The van der Waals surface area contributed by atoms with Crippen LogP contribution in [0.2, 0.25) is 0 Å². The number of rotatable bonds is 6. The number of pyridine rings is 1. The molecule has 2 aromatic rings. The van der Waals surface area contributed by atoms with Crippen LogP contribution < -0.4 is 0 Å². The normalized spacial score (nSPS) is 17.9. The number of likely N-dealkylation sites (tertiary alicyclic amines) is 1. The summed E-state index contributed by atoms with van der Waals surface area (Å²) in [5, 5.41) is 4.01. The van der Waals surface area contributed by atoms with Gasteiger partial charge in [-0.3, -0.25) is 9.78 Å². The van der Waals surface area contributed by atoms with Crippen molar-refractivity contribution in [3.63, 3.8) is 0 Å². The van der Waals surface area contributed by atoms with Crippen LogP contribution in [0.5, 0.6) is 0 Å². The van der Waals surface area contributed by atoms with Crippen LogP contribution in [0.1, 0.15) is 48.6 Å². The molecule has 1 atom stereocenters. The highest BCUT2D eigenvalue weighted by Gasteiger charge is 2.27. The number of nitrogens with zero attached hydrogens (tertiary/aromatic N) is 3. The topological polar surface area (TPSA) is 68.5 Å². The van der Waals surface area contributed by atoms with E-state index in [9.17, 15) is 4.79 Å². The summed E-state index contributed by atoms with van der Waals surface area (Å²) in [4.78, 5) is 18.7. The van der Waals surface area contributed by atoms with E-state index >= 15 is 0 Å². The Balaban J connectivity index is 1.55. The highest BCUT2D eigenvalue weighted by Crippen LogP contribution is 2.18. The molecule has 3 heterocycles. The largest absolute Gasteiger partial charge is 0.370 e. The van der Waals surface area contributed by atoms with Gasteiger partial charge in [-0.25, -0.2) is 0 Å². The minimum absolute atomic E-state index is 0.0257. The molecule has 6 heteroatoms. The molecule has 2 aromatic heterocycles. The second kappa shape index (κ2) is 8.25. The molecule has 0 bridgehead atoms. The first-order valence-corrected chi connectivity index (χ1v) is 8.88. The number of amides is 1. The predicted molar refractivity (Wildman–Crippen MR) is 93.0 cm³/mol. The van der Waals surface area contributed by atoms with Crippen molar-refractivity contribution >= 4 is 5.91 Å². The highest BCUT2D eigenvalue weighted by molar-refractivity contribution is 5.91. The Morgan fingerprint density at radius 1 is 1.40 bits per heavy atom. The van der Waals surface area contributed by atoms with E-state index in [4.69, 9.17) is 9.26 Å². The number of carbonyl (C=O) groups excluding carboxylic acids is 1. The van der Waals surface area contributed by atoms with Gasteiger partial charge < -0.3 is 14.2 Å². The molecule has 1 saturated heterocycles. The van der Waals surface area contributed by atoms with Gasteiger partial charge in [0.1, 0.15) is 0 Å². The first-order chi connectivity index (χ1) is 12.1. The summed E-state index contributed by atoms with van der Waals surface area (Å²) in [5.74, 6) is 0.696. The number of hydrogen-bond acceptors (Lipinski definition) is 5. The van der Waals surface area contributed by atoms with E-state index in [0.717, 1.165) is 37.2 Å². The average Bonchev–Trinajstić information content (AvgIpc) is 3.08. The molecule has 0 radical (unpaired) electrons. The zero-order chi connectivity index (χ0) is 17.6. The summed E-state index contributed by atoms with van der Waals surface area (Å²) in [7, 11) is 0. The monoisotopic (exact) mass is 343 g/mol. The van der Waals surface area contributed by atoms with Crippen molar-refractivity contribution in [2.75, 3.05) is 13.1 Å². The fourth-order valence-electron chi connectivity index (χ4n) is 3.03. The second-order valence-corrected chi connectivity index (χ2v) is 6.93. The minimum Gasteiger partial charge on any atom is -0.370 e. The van der Waals surface area contributed by atoms with Crippen molar-refractivity contribution < 1.29 is 14.1 Å². The summed E-state index contributed by atoms with van der Waals surface area (Å²) in [5.41, 5.74) is 1.73. The highest BCUT2D eigenvalue weighted by atomic mass is 16.5. The van der Waals surface area contributed by atoms with E-state index in [1.54, 1.807) is 17.2 Å². The molecule has 134 valence electrons. The van der Waals surface area contributed by atoms with Crippen LogP contribution in [-0.2, 0) is 17.8 Å². The van der Waals surface area contributed by atoms with Crippen molar-refractivity contribution in [1.82, 2.24) is 15.0 Å². The van der Waals surface area contributed by atoms with Gasteiger partial charge in [-0.1, -0.05) is 25.1 Å². The van der Waals surface area contributed by atoms with Crippen molar-refractivity contribution in [1.29, 1.82) is 0 Å². The standard InChI is InChI=1S/C19H25N3O3/c1-14(2)10-16-11-18(25-21-16)19(23)22-9-5-7-17(12-22)24-13-15-6-3-4-8-20-15/h3-4,6,8,11,14,17H,5,7,9-10,12-13H2,1-2H3/t17-/m1/s1. The number of aromatic nitrogens is 2. The fourth-order valence-corrected chi connectivity index (χ4v) is 3.03. The van der Waals surface area contributed by atoms with Crippen molar-refractivity contribution in [2.24, 2.45) is 5.92 Å². The smallest absolute Gasteiger partial charge is 0.292 e. The molecular weight excluding hydrogens is 318 g/mol. The van der Waals surface area contributed by atoms with Crippen LogP contribution >= 0.6 is 0 Å². The summed E-state index contributed by atoms with van der Waals surface area (Å²) < 4.78 is 11.2. The Bertz CT molecular complexity index is 684. The van der Waals surface area contributed by atoms with Gasteiger partial charge in [0.2, 0.25) is 5.76 Å². The first-order valence-electron chi connectivity index (χ1n) is 8.88. The summed E-state index contributed by atoms with van der Waals surface area (Å²) >= 11 is 0. The summed E-state index contributed by atoms with van der Waals surface area (Å²) in [6, 6.07) is 7.54. The van der Waals surface area contributed by atoms with E-state index in [1.807, 2.05) is 18.2 Å². The van der Waals surface area contributed by atoms with Gasteiger partial charge in [0.25, 0.3) is 5.91 Å². The molecule has 0 unspecified atom stereocenters. The SMILES string of the molecule is CC(C)Cc1cc(C(=O)N2CCC[C@@H](OCc3ccccn3)C2)on1. The molecule has 0 aromatic carbocycles. The van der Waals surface area contributed by atoms with E-state index in [2.05, 4.69) is 24.0 Å². The summed E-state index contributed by atoms with van der Waals surface area (Å²) in [6.45, 7) is 6.00. The molecule has 0 spiro atoms. The van der Waals surface area contributed by atoms with E-state index in [-0.39, 0.29) is 12.0 Å². The quantitative estimate of drug-likeness (QED) is 0.806. The Kier molecular flexibility index (Phi) is 5.81. The van der Waals surface area contributed by atoms with Gasteiger partial charge in [-0.05, 0) is 37.3 Å². The minimum atomic E-state index is -0.103. The van der Waals surface area contributed by atoms with E-state index < -0.39 is 0 Å². The maximum atomic E-state index is 12.6. The molecule has 1 amide bonds. The molecule has 0 N–H and O–H groups in total. The molecule has 1 fully saturated rings. The molecule has 3 rings (SSSR count). The van der Waals surface area contributed by atoms with E-state index in [1.165, 1.54) is 0 Å². The lowest BCUT2D eigenvalue weighted by molar-refractivity contribution is -0.00884. The number of carbonyl (C=O) groups is 1. The van der Waals surface area contributed by atoms with Crippen molar-refractivity contribution in [3.05, 3.63) is 47.6 Å². The zero-order valence-corrected chi connectivity index (χ0v) is 14.9. The Labute approximate surface area is 148 Å². The van der Waals surface area contributed by atoms with Crippen LogP contribution in [0.3, 0.4) is 0 Å². The molecule has 1 aliphatic heterocycles. The number of piperidine rings is 1. The predicted octanol–water partition coefficient (Wildman–Crippen LogP) is 3.09.